The molecule has 0 spiro atoms. The first kappa shape index (κ1) is 24.5. The van der Waals surface area contributed by atoms with Crippen LogP contribution in [0.4, 0.5) is 10.2 Å². The van der Waals surface area contributed by atoms with Crippen LogP contribution in [0.1, 0.15) is 45.4 Å². The number of nitrogens with one attached hydrogen (secondary N) is 1. The van der Waals surface area contributed by atoms with Crippen LogP contribution in [0, 0.1) is 5.82 Å². The lowest BCUT2D eigenvalue weighted by atomic mass is 9.95. The van der Waals surface area contributed by atoms with Crippen LogP contribution in [0.2, 0.25) is 0 Å². The summed E-state index contributed by atoms with van der Waals surface area (Å²) < 4.78 is 25.2. The summed E-state index contributed by atoms with van der Waals surface area (Å²) in [6.45, 7) is 7.38. The highest BCUT2D eigenvalue weighted by molar-refractivity contribution is 5.97. The number of piperazine rings is 1. The number of anilines is 1. The van der Waals surface area contributed by atoms with Gasteiger partial charge in [0.1, 0.15) is 23.6 Å². The number of fused-ring (bicyclic) bond motifs is 5. The molecule has 4 aliphatic heterocycles. The fraction of sp³-hybridized carbons (Fsp3) is 0.516. The highest BCUT2D eigenvalue weighted by atomic mass is 19.1. The van der Waals surface area contributed by atoms with E-state index in [0.29, 0.717) is 29.8 Å². The monoisotopic (exact) mass is 541 g/mol. The average Bonchev–Trinajstić information content (AvgIpc) is 3.75. The van der Waals surface area contributed by atoms with Crippen LogP contribution < -0.4 is 15.0 Å². The minimum Gasteiger partial charge on any atom is -0.461 e. The fourth-order valence-corrected chi connectivity index (χ4v) is 7.86. The molecular weight excluding hydrogens is 505 g/mol. The van der Waals surface area contributed by atoms with Gasteiger partial charge in [0.15, 0.2) is 5.82 Å². The second-order valence-corrected chi connectivity index (χ2v) is 12.1. The standard InChI is InChI=1S/C31H36FN7O/c1-2-37-15-10-20-6-3-7-23(28(20)37)26-25(32)27-24(16-33-26)29(38-17-21-8-9-22(18-38)34-21)36-30(35-27)40-19-31-11-4-13-39(31)14-5-12-31/h3,6-7,10,15-16,21-22,34H,2,4-5,8-9,11-14,17-19H2,1H3/t21-,22+. The van der Waals surface area contributed by atoms with E-state index in [1.807, 2.05) is 18.3 Å². The van der Waals surface area contributed by atoms with Crippen LogP contribution in [0.3, 0.4) is 0 Å². The Balaban J connectivity index is 1.25. The maximum Gasteiger partial charge on any atom is 0.319 e. The third-order valence-electron chi connectivity index (χ3n) is 9.83. The minimum atomic E-state index is -0.415. The maximum atomic E-state index is 16.6. The van der Waals surface area contributed by atoms with Crippen molar-refractivity contribution < 1.29 is 9.13 Å². The zero-order valence-corrected chi connectivity index (χ0v) is 23.1. The molecule has 7 heterocycles. The number of hydrogen-bond acceptors (Lipinski definition) is 7. The van der Waals surface area contributed by atoms with E-state index in [0.717, 1.165) is 80.7 Å². The van der Waals surface area contributed by atoms with Crippen molar-refractivity contribution in [2.45, 2.75) is 69.6 Å². The normalized spacial score (nSPS) is 23.9. The van der Waals surface area contributed by atoms with Crippen molar-refractivity contribution in [2.75, 3.05) is 37.7 Å². The number of nitrogens with zero attached hydrogens (tertiary/aromatic N) is 6. The molecule has 0 unspecified atom stereocenters. The summed E-state index contributed by atoms with van der Waals surface area (Å²) in [5, 5.41) is 5.41. The van der Waals surface area contributed by atoms with Gasteiger partial charge in [-0.15, -0.1) is 0 Å². The number of aryl methyl sites for hydroxylation is 1. The van der Waals surface area contributed by atoms with Gasteiger partial charge >= 0.3 is 6.01 Å². The van der Waals surface area contributed by atoms with E-state index in [1.54, 1.807) is 6.20 Å². The van der Waals surface area contributed by atoms with Crippen LogP contribution in [-0.4, -0.2) is 74.8 Å². The van der Waals surface area contributed by atoms with Crippen molar-refractivity contribution in [1.29, 1.82) is 0 Å². The van der Waals surface area contributed by atoms with Crippen molar-refractivity contribution in [2.24, 2.45) is 0 Å². The molecule has 2 atom stereocenters. The third kappa shape index (κ3) is 3.81. The quantitative estimate of drug-likeness (QED) is 0.378. The SMILES string of the molecule is CCn1ccc2cccc(-c3ncc4c(N5C[C@H]6CC[C@@H](C5)N6)nc(OCC56CCCN5CCC6)nc4c3F)c21. The molecule has 0 saturated carbocycles. The lowest BCUT2D eigenvalue weighted by Gasteiger charge is -2.34. The highest BCUT2D eigenvalue weighted by Gasteiger charge is 2.45. The van der Waals surface area contributed by atoms with Crippen molar-refractivity contribution in [3.05, 3.63) is 42.5 Å². The van der Waals surface area contributed by atoms with Gasteiger partial charge in [-0.05, 0) is 64.6 Å². The Hall–Kier alpha value is -3.30. The summed E-state index contributed by atoms with van der Waals surface area (Å²) in [5.41, 5.74) is 2.43. The molecule has 0 radical (unpaired) electrons. The summed E-state index contributed by atoms with van der Waals surface area (Å²) in [5.74, 6) is 0.320. The molecule has 0 amide bonds. The average molecular weight is 542 g/mol. The van der Waals surface area contributed by atoms with Gasteiger partial charge < -0.3 is 19.5 Å². The Morgan fingerprint density at radius 1 is 1.07 bits per heavy atom. The summed E-state index contributed by atoms with van der Waals surface area (Å²) in [6.07, 6.45) is 10.8. The molecule has 8 rings (SSSR count). The topological polar surface area (TPSA) is 71.3 Å². The maximum absolute atomic E-state index is 16.6. The first-order valence-electron chi connectivity index (χ1n) is 15.0. The molecule has 9 heteroatoms. The Morgan fingerprint density at radius 3 is 2.65 bits per heavy atom. The largest absolute Gasteiger partial charge is 0.461 e. The predicted octanol–water partition coefficient (Wildman–Crippen LogP) is 4.75. The molecule has 2 bridgehead atoms. The second kappa shape index (κ2) is 9.38. The van der Waals surface area contributed by atoms with E-state index in [4.69, 9.17) is 19.7 Å². The van der Waals surface area contributed by atoms with Gasteiger partial charge in [-0.25, -0.2) is 4.39 Å². The van der Waals surface area contributed by atoms with Crippen molar-refractivity contribution in [1.82, 2.24) is 29.7 Å². The van der Waals surface area contributed by atoms with E-state index < -0.39 is 5.82 Å². The first-order chi connectivity index (χ1) is 19.6. The number of para-hydroxylation sites is 1. The van der Waals surface area contributed by atoms with E-state index in [2.05, 4.69) is 38.7 Å². The third-order valence-corrected chi connectivity index (χ3v) is 9.83. The Morgan fingerprint density at radius 2 is 1.88 bits per heavy atom. The van der Waals surface area contributed by atoms with Crippen LogP contribution >= 0.6 is 0 Å². The van der Waals surface area contributed by atoms with Gasteiger partial charge in [0, 0.05) is 55.1 Å². The molecule has 4 aromatic rings. The molecule has 0 aliphatic carbocycles. The van der Waals surface area contributed by atoms with Crippen LogP contribution in [0.25, 0.3) is 33.1 Å². The molecule has 3 aromatic heterocycles. The number of pyridine rings is 1. The number of rotatable bonds is 6. The second-order valence-electron chi connectivity index (χ2n) is 12.1. The van der Waals surface area contributed by atoms with Gasteiger partial charge in [-0.2, -0.15) is 9.97 Å². The molecule has 40 heavy (non-hydrogen) atoms. The van der Waals surface area contributed by atoms with Crippen molar-refractivity contribution in [3.63, 3.8) is 0 Å². The molecule has 4 fully saturated rings. The number of halogens is 1. The highest BCUT2D eigenvalue weighted by Crippen LogP contribution is 2.40. The molecule has 4 aliphatic rings. The predicted molar refractivity (Wildman–Crippen MR) is 154 cm³/mol. The van der Waals surface area contributed by atoms with Crippen LogP contribution in [0.5, 0.6) is 6.01 Å². The van der Waals surface area contributed by atoms with Gasteiger partial charge in [-0.1, -0.05) is 18.2 Å². The Bertz CT molecular complexity index is 1580. The summed E-state index contributed by atoms with van der Waals surface area (Å²) in [4.78, 5) is 19.2. The summed E-state index contributed by atoms with van der Waals surface area (Å²) in [7, 11) is 0. The molecule has 208 valence electrons. The molecular formula is C31H36FN7O. The molecule has 8 nitrogen and oxygen atoms in total. The molecule has 1 aromatic carbocycles. The van der Waals surface area contributed by atoms with Crippen LogP contribution in [0.15, 0.2) is 36.7 Å². The lowest BCUT2D eigenvalue weighted by molar-refractivity contribution is 0.108. The lowest BCUT2D eigenvalue weighted by Crippen LogP contribution is -2.51. The van der Waals surface area contributed by atoms with Gasteiger partial charge in [0.05, 0.1) is 16.4 Å². The molecule has 4 saturated heterocycles. The van der Waals surface area contributed by atoms with Gasteiger partial charge in [0.2, 0.25) is 0 Å². The number of aromatic nitrogens is 4. The van der Waals surface area contributed by atoms with Gasteiger partial charge in [-0.3, -0.25) is 9.88 Å². The number of hydrogen-bond donors (Lipinski definition) is 1. The van der Waals surface area contributed by atoms with Crippen LogP contribution in [-0.2, 0) is 6.54 Å². The Kier molecular flexibility index (Phi) is 5.74. The smallest absolute Gasteiger partial charge is 0.319 e. The Labute approximate surface area is 233 Å². The molecule has 1 N–H and O–H groups in total. The fourth-order valence-electron chi connectivity index (χ4n) is 7.86. The van der Waals surface area contributed by atoms with E-state index in [-0.39, 0.29) is 17.1 Å². The zero-order valence-electron chi connectivity index (χ0n) is 23.1. The van der Waals surface area contributed by atoms with Crippen molar-refractivity contribution >= 4 is 27.6 Å². The zero-order chi connectivity index (χ0) is 26.8. The van der Waals surface area contributed by atoms with Crippen molar-refractivity contribution in [3.8, 4) is 17.3 Å². The summed E-state index contributed by atoms with van der Waals surface area (Å²) >= 11 is 0. The van der Waals surface area contributed by atoms with E-state index >= 15 is 4.39 Å². The van der Waals surface area contributed by atoms with Gasteiger partial charge in [0.25, 0.3) is 0 Å². The number of benzene rings is 1. The van der Waals surface area contributed by atoms with E-state index in [1.165, 1.54) is 12.8 Å². The van der Waals surface area contributed by atoms with E-state index in [9.17, 15) is 0 Å². The number of ether oxygens (including phenoxy) is 1. The summed E-state index contributed by atoms with van der Waals surface area (Å²) in [6, 6.07) is 9.17. The minimum absolute atomic E-state index is 0.0653. The first-order valence-corrected chi connectivity index (χ1v) is 15.0.